The molecule has 2 nitrogen and oxygen atoms in total. The van der Waals surface area contributed by atoms with Crippen LogP contribution in [0.5, 0.6) is 5.75 Å². The van der Waals surface area contributed by atoms with E-state index in [-0.39, 0.29) is 10.8 Å². The maximum absolute atomic E-state index is 6.27. The number of hydrogen-bond acceptors (Lipinski definition) is 1. The second kappa shape index (κ2) is 7.30. The second-order valence-electron chi connectivity index (χ2n) is 11.8. The molecule has 0 aromatic heterocycles. The van der Waals surface area contributed by atoms with E-state index in [0.29, 0.717) is 16.0 Å². The van der Waals surface area contributed by atoms with E-state index in [4.69, 9.17) is 4.43 Å². The fraction of sp³-hybridized carbons (Fsp3) is 0.583. The van der Waals surface area contributed by atoms with Gasteiger partial charge in [0.25, 0.3) is 0 Å². The highest BCUT2D eigenvalue weighted by atomic mass is 28.3. The monoisotopic (exact) mass is 416 g/mol. The van der Waals surface area contributed by atoms with Crippen LogP contribution in [0.15, 0.2) is 30.4 Å². The first-order chi connectivity index (χ1) is 12.5. The lowest BCUT2D eigenvalue weighted by molar-refractivity contribution is 0.451. The van der Waals surface area contributed by atoms with E-state index in [1.165, 1.54) is 16.8 Å². The molecule has 0 spiro atoms. The highest BCUT2D eigenvalue weighted by Crippen LogP contribution is 2.46. The average Bonchev–Trinajstić information content (AvgIpc) is 3.05. The quantitative estimate of drug-likeness (QED) is 0.517. The predicted molar refractivity (Wildman–Crippen MR) is 133 cm³/mol. The van der Waals surface area contributed by atoms with Crippen molar-refractivity contribution in [3.05, 3.63) is 41.5 Å². The third kappa shape index (κ3) is 4.24. The van der Waals surface area contributed by atoms with Gasteiger partial charge in [-0.15, -0.1) is 0 Å². The van der Waals surface area contributed by atoms with E-state index in [0.717, 1.165) is 10.2 Å². The molecule has 1 aromatic carbocycles. The van der Waals surface area contributed by atoms with Gasteiger partial charge in [-0.3, -0.25) is 4.48 Å². The lowest BCUT2D eigenvalue weighted by Crippen LogP contribution is -2.52. The molecule has 2 rings (SSSR count). The van der Waals surface area contributed by atoms with Gasteiger partial charge < -0.3 is 4.43 Å². The molecule has 1 aromatic rings. The number of hydrogen-bond donors (Lipinski definition) is 0. The fourth-order valence-corrected chi connectivity index (χ4v) is 7.96. The summed E-state index contributed by atoms with van der Waals surface area (Å²) in [5.41, 5.74) is 4.85. The van der Waals surface area contributed by atoms with E-state index in [2.05, 4.69) is 106 Å². The van der Waals surface area contributed by atoms with Crippen LogP contribution in [-0.4, -0.2) is 39.7 Å². The maximum Gasteiger partial charge on any atom is 0.204 e. The van der Waals surface area contributed by atoms with Gasteiger partial charge in [-0.2, -0.15) is 0 Å². The molecule has 156 valence electrons. The van der Waals surface area contributed by atoms with Gasteiger partial charge in [0.15, 0.2) is 0 Å². The Kier molecular flexibility index (Phi) is 6.04. The Labute approximate surface area is 177 Å². The van der Waals surface area contributed by atoms with E-state index < -0.39 is 8.07 Å². The summed E-state index contributed by atoms with van der Waals surface area (Å²) in [6.45, 7) is 19.0. The molecule has 0 N–H and O–H groups in total. The fourth-order valence-electron chi connectivity index (χ4n) is 4.40. The predicted octanol–water partition coefficient (Wildman–Crippen LogP) is 4.55. The molecule has 1 aliphatic rings. The van der Waals surface area contributed by atoms with Crippen molar-refractivity contribution in [2.45, 2.75) is 71.0 Å². The molecule has 0 bridgehead atoms. The Morgan fingerprint density at radius 1 is 0.929 bits per heavy atom. The molecule has 0 radical (unpaired) electrons. The van der Waals surface area contributed by atoms with Crippen LogP contribution >= 0.6 is 0 Å². The summed E-state index contributed by atoms with van der Waals surface area (Å²) in [6.07, 6.45) is 9.23. The average molecular weight is 417 g/mol. The molecule has 4 heteroatoms. The zero-order valence-corrected chi connectivity index (χ0v) is 23.3. The highest BCUT2D eigenvalue weighted by Gasteiger charge is 2.43. The number of quaternary nitrogens is 1. The van der Waals surface area contributed by atoms with Crippen molar-refractivity contribution in [3.8, 4) is 5.75 Å². The largest absolute Gasteiger partial charge is 0.553 e. The minimum absolute atomic E-state index is 0.0163. The van der Waals surface area contributed by atoms with Crippen LogP contribution < -0.4 is 14.1 Å². The van der Waals surface area contributed by atoms with Crippen LogP contribution in [0.1, 0.15) is 52.7 Å². The van der Waals surface area contributed by atoms with Crippen LogP contribution in [0.2, 0.25) is 18.6 Å². The smallest absolute Gasteiger partial charge is 0.204 e. The van der Waals surface area contributed by atoms with E-state index in [1.54, 1.807) is 5.19 Å². The lowest BCUT2D eigenvalue weighted by atomic mass is 9.78. The van der Waals surface area contributed by atoms with Gasteiger partial charge in [0.1, 0.15) is 11.4 Å². The number of benzene rings is 1. The lowest BCUT2D eigenvalue weighted by Gasteiger charge is -2.41. The van der Waals surface area contributed by atoms with Crippen LogP contribution in [0.25, 0.3) is 0 Å². The summed E-state index contributed by atoms with van der Waals surface area (Å²) in [4.78, 5) is 0. The van der Waals surface area contributed by atoms with Crippen molar-refractivity contribution in [2.24, 2.45) is 0 Å². The van der Waals surface area contributed by atoms with Crippen LogP contribution in [0.4, 0.5) is 5.69 Å². The SMILES string of the molecule is CC(C)(C)c1cc([Si](C)(C)C2C=CC=C2)c([N+](C)(C)C)c(C(C)(C)C)c1O[SiH3]. The van der Waals surface area contributed by atoms with E-state index >= 15 is 0 Å². The van der Waals surface area contributed by atoms with Crippen molar-refractivity contribution < 1.29 is 4.43 Å². The Hall–Kier alpha value is -1.11. The molecule has 0 heterocycles. The first-order valence-corrected chi connectivity index (χ1v) is 14.4. The Balaban J connectivity index is 3.06. The molecule has 0 amide bonds. The normalized spacial score (nSPS) is 16.2. The third-order valence-electron chi connectivity index (χ3n) is 5.96. The summed E-state index contributed by atoms with van der Waals surface area (Å²) in [6, 6.07) is 2.52. The number of rotatable bonds is 4. The number of allylic oxidation sites excluding steroid dienone is 4. The van der Waals surface area contributed by atoms with Crippen LogP contribution in [0, 0.1) is 0 Å². The summed E-state index contributed by atoms with van der Waals surface area (Å²) in [7, 11) is 5.85. The van der Waals surface area contributed by atoms with Crippen molar-refractivity contribution in [1.82, 2.24) is 4.48 Å². The number of nitrogens with zero attached hydrogens (tertiary/aromatic N) is 1. The standard InChI is InChI=1S/C24H42NOSi2/c1-23(2,3)18-16-19(28(10,11)17-14-12-13-15-17)21(25(7,8)9)20(22(18)26-27)24(4,5)6/h12-17H,1-11,27H3/q+1. The topological polar surface area (TPSA) is 9.23 Å². The molecule has 0 atom stereocenters. The minimum Gasteiger partial charge on any atom is -0.553 e. The molecule has 28 heavy (non-hydrogen) atoms. The van der Waals surface area contributed by atoms with Gasteiger partial charge >= 0.3 is 0 Å². The van der Waals surface area contributed by atoms with Crippen molar-refractivity contribution >= 4 is 29.4 Å². The molecule has 1 aliphatic carbocycles. The molecular weight excluding hydrogens is 374 g/mol. The Morgan fingerprint density at radius 2 is 1.43 bits per heavy atom. The molecule has 0 unspecified atom stereocenters. The molecule has 0 fully saturated rings. The van der Waals surface area contributed by atoms with Crippen LogP contribution in [-0.2, 0) is 10.8 Å². The first-order valence-electron chi connectivity index (χ1n) is 10.5. The molecule has 0 aliphatic heterocycles. The van der Waals surface area contributed by atoms with Crippen LogP contribution in [0.3, 0.4) is 0 Å². The summed E-state index contributed by atoms with van der Waals surface area (Å²) >= 11 is 0. The third-order valence-corrected chi connectivity index (χ3v) is 10.2. The van der Waals surface area contributed by atoms with E-state index in [9.17, 15) is 0 Å². The summed E-state index contributed by atoms with van der Waals surface area (Å²) < 4.78 is 7.10. The molecule has 0 saturated carbocycles. The van der Waals surface area contributed by atoms with Crippen molar-refractivity contribution in [2.75, 3.05) is 21.1 Å². The van der Waals surface area contributed by atoms with Gasteiger partial charge in [-0.1, -0.05) is 78.9 Å². The Bertz CT molecular complexity index is 788. The first kappa shape index (κ1) is 23.2. The van der Waals surface area contributed by atoms with Gasteiger partial charge in [0, 0.05) is 5.19 Å². The van der Waals surface area contributed by atoms with Crippen molar-refractivity contribution in [1.29, 1.82) is 0 Å². The van der Waals surface area contributed by atoms with Gasteiger partial charge in [0.05, 0.1) is 34.8 Å². The van der Waals surface area contributed by atoms with Gasteiger partial charge in [0.2, 0.25) is 10.5 Å². The molecular formula is C24H42NOSi2+. The Morgan fingerprint density at radius 3 is 1.79 bits per heavy atom. The molecule has 0 saturated heterocycles. The van der Waals surface area contributed by atoms with Gasteiger partial charge in [-0.05, 0) is 28.0 Å². The zero-order chi connectivity index (χ0) is 21.7. The zero-order valence-electron chi connectivity index (χ0n) is 20.3. The second-order valence-corrected chi connectivity index (χ2v) is 16.8. The van der Waals surface area contributed by atoms with E-state index in [1.807, 2.05) is 0 Å². The summed E-state index contributed by atoms with van der Waals surface area (Å²) in [5.74, 6) is 1.14. The van der Waals surface area contributed by atoms with Crippen molar-refractivity contribution in [3.63, 3.8) is 0 Å². The highest BCUT2D eigenvalue weighted by molar-refractivity contribution is 6.92. The van der Waals surface area contributed by atoms with Gasteiger partial charge in [-0.25, -0.2) is 0 Å². The minimum atomic E-state index is -1.79. The maximum atomic E-state index is 6.27. The summed E-state index contributed by atoms with van der Waals surface area (Å²) in [5, 5.41) is 1.58.